The average molecular weight is 541 g/mol. The molecule has 3 aliphatic rings. The van der Waals surface area contributed by atoms with Crippen molar-refractivity contribution in [3.63, 3.8) is 0 Å². The van der Waals surface area contributed by atoms with Gasteiger partial charge in [0.25, 0.3) is 0 Å². The molecule has 3 N–H and O–H groups in total. The summed E-state index contributed by atoms with van der Waals surface area (Å²) in [6, 6.07) is 11.8. The number of sulfonamides is 1. The molecule has 1 saturated carbocycles. The van der Waals surface area contributed by atoms with E-state index < -0.39 is 22.0 Å². The first-order chi connectivity index (χ1) is 18.3. The summed E-state index contributed by atoms with van der Waals surface area (Å²) in [6.07, 6.45) is 5.35. The molecule has 0 unspecified atom stereocenters. The van der Waals surface area contributed by atoms with Crippen LogP contribution in [0.2, 0.25) is 0 Å². The molecular weight excluding hydrogens is 504 g/mol. The van der Waals surface area contributed by atoms with Crippen LogP contribution in [0.1, 0.15) is 61.3 Å². The number of benzene rings is 2. The van der Waals surface area contributed by atoms with Crippen LogP contribution >= 0.6 is 0 Å². The number of fused-ring (bicyclic) bond motifs is 1. The summed E-state index contributed by atoms with van der Waals surface area (Å²) in [5.74, 6) is -0.0823. The highest BCUT2D eigenvalue weighted by Crippen LogP contribution is 2.33. The van der Waals surface area contributed by atoms with Gasteiger partial charge in [-0.2, -0.15) is 4.31 Å². The number of hydrogen-bond donors (Lipinski definition) is 3. The van der Waals surface area contributed by atoms with Crippen LogP contribution in [0.25, 0.3) is 0 Å². The van der Waals surface area contributed by atoms with Crippen molar-refractivity contribution in [2.75, 3.05) is 19.7 Å². The van der Waals surface area contributed by atoms with Crippen LogP contribution in [0.15, 0.2) is 47.4 Å². The monoisotopic (exact) mass is 540 g/mol. The van der Waals surface area contributed by atoms with Crippen LogP contribution in [-0.2, 0) is 26.2 Å². The van der Waals surface area contributed by atoms with E-state index in [2.05, 4.69) is 22.0 Å². The lowest BCUT2D eigenvalue weighted by Crippen LogP contribution is -2.58. The van der Waals surface area contributed by atoms with E-state index in [1.54, 1.807) is 12.1 Å². The summed E-state index contributed by atoms with van der Waals surface area (Å²) in [4.78, 5) is 26.0. The predicted molar refractivity (Wildman–Crippen MR) is 143 cm³/mol. The number of amides is 2. The fraction of sp³-hybridized carbons (Fsp3) is 0.500. The van der Waals surface area contributed by atoms with Gasteiger partial charge in [-0.25, -0.2) is 8.42 Å². The molecule has 2 aromatic carbocycles. The lowest BCUT2D eigenvalue weighted by Gasteiger charge is -2.34. The van der Waals surface area contributed by atoms with E-state index in [1.807, 2.05) is 19.1 Å². The van der Waals surface area contributed by atoms with Gasteiger partial charge in [-0.1, -0.05) is 42.7 Å². The van der Waals surface area contributed by atoms with Gasteiger partial charge in [0, 0.05) is 37.7 Å². The standard InChI is InChI=1S/C28H36N4O5S/c1-19-6-9-22(10-7-19)38(35,36)32-14-13-29-28(34)25(32)17-27(33)31-24-12-15-37-26-16-20(8-11-23(24)26)18-30-21-4-2-3-5-21/h6-11,16,21,24-25,30H,2-5,12-15,17-18H2,1H3,(H,29,34)(H,31,33)/t24-,25-/m1/s1. The first-order valence-corrected chi connectivity index (χ1v) is 14.9. The molecule has 2 amide bonds. The van der Waals surface area contributed by atoms with E-state index in [-0.39, 0.29) is 36.4 Å². The van der Waals surface area contributed by atoms with E-state index in [1.165, 1.54) is 37.8 Å². The lowest BCUT2D eigenvalue weighted by atomic mass is 9.98. The molecule has 204 valence electrons. The molecule has 2 aromatic rings. The van der Waals surface area contributed by atoms with Gasteiger partial charge in [-0.05, 0) is 43.5 Å². The number of rotatable bonds is 8. The van der Waals surface area contributed by atoms with Crippen LogP contribution in [0, 0.1) is 6.92 Å². The zero-order chi connectivity index (χ0) is 26.7. The Bertz CT molecular complexity index is 1270. The van der Waals surface area contributed by atoms with Crippen LogP contribution in [0.3, 0.4) is 0 Å². The molecule has 1 saturated heterocycles. The second-order valence-electron chi connectivity index (χ2n) is 10.4. The van der Waals surface area contributed by atoms with Crippen molar-refractivity contribution in [2.24, 2.45) is 0 Å². The van der Waals surface area contributed by atoms with E-state index >= 15 is 0 Å². The minimum Gasteiger partial charge on any atom is -0.493 e. The van der Waals surface area contributed by atoms with Gasteiger partial charge < -0.3 is 20.7 Å². The third-order valence-corrected chi connectivity index (χ3v) is 9.61. The molecule has 1 aliphatic carbocycles. The van der Waals surface area contributed by atoms with E-state index in [9.17, 15) is 18.0 Å². The molecule has 2 aliphatic heterocycles. The third kappa shape index (κ3) is 5.87. The summed E-state index contributed by atoms with van der Waals surface area (Å²) in [5, 5.41) is 9.34. The molecule has 10 heteroatoms. The summed E-state index contributed by atoms with van der Waals surface area (Å²) in [6.45, 7) is 3.43. The predicted octanol–water partition coefficient (Wildman–Crippen LogP) is 2.55. The smallest absolute Gasteiger partial charge is 0.243 e. The fourth-order valence-corrected chi connectivity index (χ4v) is 7.12. The number of carbonyl (C=O) groups excluding carboxylic acids is 2. The first-order valence-electron chi connectivity index (χ1n) is 13.5. The highest BCUT2D eigenvalue weighted by Gasteiger charge is 2.40. The molecular formula is C28H36N4O5S. The van der Waals surface area contributed by atoms with Crippen molar-refractivity contribution in [3.8, 4) is 5.75 Å². The number of piperazine rings is 1. The van der Waals surface area contributed by atoms with Gasteiger partial charge in [-0.15, -0.1) is 0 Å². The quantitative estimate of drug-likeness (QED) is 0.474. The number of nitrogens with zero attached hydrogens (tertiary/aromatic N) is 1. The zero-order valence-corrected chi connectivity index (χ0v) is 22.6. The van der Waals surface area contributed by atoms with Crippen molar-refractivity contribution in [3.05, 3.63) is 59.2 Å². The number of aryl methyl sites for hydroxylation is 1. The van der Waals surface area contributed by atoms with Crippen molar-refractivity contribution in [1.29, 1.82) is 0 Å². The van der Waals surface area contributed by atoms with E-state index in [4.69, 9.17) is 4.74 Å². The topological polar surface area (TPSA) is 117 Å². The Labute approximate surface area is 224 Å². The molecule has 0 spiro atoms. The van der Waals surface area contributed by atoms with Crippen LogP contribution in [0.5, 0.6) is 5.75 Å². The Morgan fingerprint density at radius 3 is 2.63 bits per heavy atom. The maximum Gasteiger partial charge on any atom is 0.243 e. The minimum atomic E-state index is -3.94. The summed E-state index contributed by atoms with van der Waals surface area (Å²) in [5.41, 5.74) is 2.97. The van der Waals surface area contributed by atoms with Gasteiger partial charge in [0.05, 0.1) is 24.0 Å². The van der Waals surface area contributed by atoms with Crippen LogP contribution in [-0.4, -0.2) is 56.3 Å². The van der Waals surface area contributed by atoms with Crippen molar-refractivity contribution in [1.82, 2.24) is 20.3 Å². The molecule has 2 atom stereocenters. The molecule has 0 bridgehead atoms. The van der Waals surface area contributed by atoms with Crippen molar-refractivity contribution in [2.45, 2.75) is 75.0 Å². The number of carbonyl (C=O) groups is 2. The second-order valence-corrected chi connectivity index (χ2v) is 12.3. The van der Waals surface area contributed by atoms with Crippen molar-refractivity contribution >= 4 is 21.8 Å². The number of nitrogens with one attached hydrogen (secondary N) is 3. The highest BCUT2D eigenvalue weighted by molar-refractivity contribution is 7.89. The lowest BCUT2D eigenvalue weighted by molar-refractivity contribution is -0.132. The van der Waals surface area contributed by atoms with Crippen molar-refractivity contribution < 1.29 is 22.7 Å². The summed E-state index contributed by atoms with van der Waals surface area (Å²) >= 11 is 0. The normalized spacial score (nSPS) is 22.4. The van der Waals surface area contributed by atoms with Crippen LogP contribution < -0.4 is 20.7 Å². The van der Waals surface area contributed by atoms with E-state index in [0.29, 0.717) is 19.1 Å². The SMILES string of the molecule is Cc1ccc(S(=O)(=O)N2CCNC(=O)[C@H]2CC(=O)N[C@@H]2CCOc3cc(CNC4CCCC4)ccc32)cc1. The van der Waals surface area contributed by atoms with Gasteiger partial charge in [0.1, 0.15) is 11.8 Å². The molecule has 0 aromatic heterocycles. The third-order valence-electron chi connectivity index (χ3n) is 7.69. The summed E-state index contributed by atoms with van der Waals surface area (Å²) in [7, 11) is -3.94. The van der Waals surface area contributed by atoms with Gasteiger partial charge in [0.15, 0.2) is 0 Å². The fourth-order valence-electron chi connectivity index (χ4n) is 5.54. The average Bonchev–Trinajstić information content (AvgIpc) is 3.43. The number of ether oxygens (including phenoxy) is 1. The Morgan fingerprint density at radius 1 is 1.11 bits per heavy atom. The Morgan fingerprint density at radius 2 is 1.87 bits per heavy atom. The Kier molecular flexibility index (Phi) is 8.01. The van der Waals surface area contributed by atoms with Gasteiger partial charge >= 0.3 is 0 Å². The van der Waals surface area contributed by atoms with Gasteiger partial charge in [0.2, 0.25) is 21.8 Å². The zero-order valence-electron chi connectivity index (χ0n) is 21.7. The van der Waals surface area contributed by atoms with Crippen LogP contribution in [0.4, 0.5) is 0 Å². The molecule has 0 radical (unpaired) electrons. The molecule has 9 nitrogen and oxygen atoms in total. The van der Waals surface area contributed by atoms with E-state index in [0.717, 1.165) is 33.3 Å². The minimum absolute atomic E-state index is 0.109. The molecule has 2 fully saturated rings. The maximum absolute atomic E-state index is 13.4. The Balaban J connectivity index is 1.26. The Hall–Kier alpha value is -2.95. The first kappa shape index (κ1) is 26.6. The molecule has 38 heavy (non-hydrogen) atoms. The largest absolute Gasteiger partial charge is 0.493 e. The summed E-state index contributed by atoms with van der Waals surface area (Å²) < 4.78 is 33.8. The molecule has 2 heterocycles. The number of hydrogen-bond acceptors (Lipinski definition) is 6. The maximum atomic E-state index is 13.4. The molecule has 5 rings (SSSR count). The van der Waals surface area contributed by atoms with Gasteiger partial charge in [-0.3, -0.25) is 9.59 Å². The highest BCUT2D eigenvalue weighted by atomic mass is 32.2. The second kappa shape index (κ2) is 11.4.